The summed E-state index contributed by atoms with van der Waals surface area (Å²) in [5.41, 5.74) is 1.87. The fraction of sp³-hybridized carbons (Fsp3) is 0.455. The molecule has 9 heteroatoms. The Hall–Kier alpha value is -3.36. The van der Waals surface area contributed by atoms with Gasteiger partial charge in [-0.05, 0) is 37.1 Å². The van der Waals surface area contributed by atoms with E-state index < -0.39 is 0 Å². The monoisotopic (exact) mass is 421 g/mol. The van der Waals surface area contributed by atoms with Crippen LogP contribution >= 0.6 is 0 Å². The number of fused-ring (bicyclic) bond motifs is 1. The second-order valence-corrected chi connectivity index (χ2v) is 8.00. The van der Waals surface area contributed by atoms with E-state index in [1.165, 1.54) is 12.8 Å². The number of piperazine rings is 1. The third-order valence-electron chi connectivity index (χ3n) is 6.17. The van der Waals surface area contributed by atoms with E-state index in [2.05, 4.69) is 37.0 Å². The molecule has 9 nitrogen and oxygen atoms in total. The molecule has 162 valence electrons. The third-order valence-corrected chi connectivity index (χ3v) is 6.17. The van der Waals surface area contributed by atoms with E-state index in [0.717, 1.165) is 54.5 Å². The molecular weight excluding hydrogens is 394 g/mol. The van der Waals surface area contributed by atoms with Crippen LogP contribution in [-0.2, 0) is 11.3 Å². The van der Waals surface area contributed by atoms with Gasteiger partial charge in [-0.3, -0.25) is 4.79 Å². The van der Waals surface area contributed by atoms with Gasteiger partial charge in [-0.1, -0.05) is 0 Å². The predicted molar refractivity (Wildman–Crippen MR) is 119 cm³/mol. The molecule has 0 saturated carbocycles. The SMILES string of the molecule is COc1ccc(N2CCN(C(=O)Cn3ncc4c(N5CCCC5)ncnc43)CC2)cc1. The second-order valence-electron chi connectivity index (χ2n) is 8.00. The summed E-state index contributed by atoms with van der Waals surface area (Å²) in [5, 5.41) is 5.38. The van der Waals surface area contributed by atoms with Crippen molar-refractivity contribution in [3.8, 4) is 5.75 Å². The highest BCUT2D eigenvalue weighted by atomic mass is 16.5. The van der Waals surface area contributed by atoms with Crippen LogP contribution in [0.3, 0.4) is 0 Å². The van der Waals surface area contributed by atoms with Gasteiger partial charge in [0.15, 0.2) is 5.65 Å². The Bertz CT molecular complexity index is 1050. The van der Waals surface area contributed by atoms with Crippen molar-refractivity contribution in [1.29, 1.82) is 0 Å². The fourth-order valence-corrected chi connectivity index (χ4v) is 4.41. The van der Waals surface area contributed by atoms with Gasteiger partial charge in [0, 0.05) is 45.0 Å². The number of nitrogens with zero attached hydrogens (tertiary/aromatic N) is 7. The van der Waals surface area contributed by atoms with Gasteiger partial charge in [-0.2, -0.15) is 5.10 Å². The van der Waals surface area contributed by atoms with Crippen molar-refractivity contribution in [2.75, 3.05) is 56.2 Å². The van der Waals surface area contributed by atoms with Crippen LogP contribution in [0.15, 0.2) is 36.8 Å². The Kier molecular flexibility index (Phi) is 5.31. The smallest absolute Gasteiger partial charge is 0.244 e. The molecule has 5 rings (SSSR count). The molecule has 0 aliphatic carbocycles. The first kappa shape index (κ1) is 19.6. The number of methoxy groups -OCH3 is 1. The van der Waals surface area contributed by atoms with Crippen molar-refractivity contribution in [2.24, 2.45) is 0 Å². The Morgan fingerprint density at radius 1 is 0.968 bits per heavy atom. The average Bonchev–Trinajstić information content (AvgIpc) is 3.50. The normalized spacial score (nSPS) is 16.9. The van der Waals surface area contributed by atoms with Crippen molar-refractivity contribution in [2.45, 2.75) is 19.4 Å². The molecule has 4 heterocycles. The third kappa shape index (κ3) is 3.87. The molecule has 3 aromatic rings. The molecule has 0 unspecified atom stereocenters. The second kappa shape index (κ2) is 8.41. The van der Waals surface area contributed by atoms with E-state index in [4.69, 9.17) is 4.74 Å². The van der Waals surface area contributed by atoms with E-state index >= 15 is 0 Å². The minimum atomic E-state index is 0.0701. The molecule has 0 spiro atoms. The lowest BCUT2D eigenvalue weighted by atomic mass is 10.2. The molecule has 0 N–H and O–H groups in total. The molecule has 2 aliphatic rings. The van der Waals surface area contributed by atoms with E-state index in [1.807, 2.05) is 17.0 Å². The Labute approximate surface area is 181 Å². The minimum Gasteiger partial charge on any atom is -0.497 e. The summed E-state index contributed by atoms with van der Waals surface area (Å²) in [6.45, 7) is 5.21. The van der Waals surface area contributed by atoms with Crippen molar-refractivity contribution in [3.63, 3.8) is 0 Å². The molecule has 2 saturated heterocycles. The average molecular weight is 422 g/mol. The molecule has 2 aromatic heterocycles. The maximum absolute atomic E-state index is 13.0. The van der Waals surface area contributed by atoms with Crippen molar-refractivity contribution in [3.05, 3.63) is 36.8 Å². The van der Waals surface area contributed by atoms with Gasteiger partial charge < -0.3 is 19.4 Å². The summed E-state index contributed by atoms with van der Waals surface area (Å²) in [4.78, 5) is 28.3. The maximum atomic E-state index is 13.0. The number of rotatable bonds is 5. The lowest BCUT2D eigenvalue weighted by Crippen LogP contribution is -2.49. The summed E-state index contributed by atoms with van der Waals surface area (Å²) in [6, 6.07) is 8.05. The molecule has 0 atom stereocenters. The van der Waals surface area contributed by atoms with Crippen LogP contribution in [0.2, 0.25) is 0 Å². The maximum Gasteiger partial charge on any atom is 0.244 e. The van der Waals surface area contributed by atoms with E-state index in [1.54, 1.807) is 24.3 Å². The van der Waals surface area contributed by atoms with Crippen LogP contribution in [-0.4, -0.2) is 76.9 Å². The van der Waals surface area contributed by atoms with Gasteiger partial charge in [0.05, 0.1) is 18.7 Å². The van der Waals surface area contributed by atoms with E-state index in [0.29, 0.717) is 13.1 Å². The molecule has 2 fully saturated rings. The lowest BCUT2D eigenvalue weighted by molar-refractivity contribution is -0.132. The first-order valence-corrected chi connectivity index (χ1v) is 10.8. The number of aromatic nitrogens is 4. The predicted octanol–water partition coefficient (Wildman–Crippen LogP) is 1.78. The summed E-state index contributed by atoms with van der Waals surface area (Å²) >= 11 is 0. The lowest BCUT2D eigenvalue weighted by Gasteiger charge is -2.36. The topological polar surface area (TPSA) is 79.6 Å². The Morgan fingerprint density at radius 2 is 1.71 bits per heavy atom. The van der Waals surface area contributed by atoms with Gasteiger partial charge >= 0.3 is 0 Å². The van der Waals surface area contributed by atoms with Crippen LogP contribution in [0.4, 0.5) is 11.5 Å². The molecule has 1 aromatic carbocycles. The molecule has 0 bridgehead atoms. The Morgan fingerprint density at radius 3 is 2.42 bits per heavy atom. The van der Waals surface area contributed by atoms with Crippen molar-refractivity contribution in [1.82, 2.24) is 24.6 Å². The van der Waals surface area contributed by atoms with Crippen molar-refractivity contribution >= 4 is 28.4 Å². The number of benzene rings is 1. The summed E-state index contributed by atoms with van der Waals surface area (Å²) < 4.78 is 6.93. The molecular formula is C22H27N7O2. The molecule has 2 aliphatic heterocycles. The summed E-state index contributed by atoms with van der Waals surface area (Å²) in [5.74, 6) is 1.84. The summed E-state index contributed by atoms with van der Waals surface area (Å²) in [6.07, 6.45) is 5.73. The van der Waals surface area contributed by atoms with Gasteiger partial charge in [0.25, 0.3) is 0 Å². The number of ether oxygens (including phenoxy) is 1. The minimum absolute atomic E-state index is 0.0701. The number of hydrogen-bond donors (Lipinski definition) is 0. The molecule has 1 amide bonds. The number of hydrogen-bond acceptors (Lipinski definition) is 7. The van der Waals surface area contributed by atoms with Crippen LogP contribution in [0.1, 0.15) is 12.8 Å². The highest BCUT2D eigenvalue weighted by Crippen LogP contribution is 2.26. The van der Waals surface area contributed by atoms with Crippen LogP contribution in [0.5, 0.6) is 5.75 Å². The molecule has 0 radical (unpaired) electrons. The van der Waals surface area contributed by atoms with Gasteiger partial charge in [-0.15, -0.1) is 0 Å². The zero-order valence-corrected chi connectivity index (χ0v) is 17.8. The standard InChI is InChI=1S/C22H27N7O2/c1-31-18-6-4-17(5-7-18)26-10-12-27(13-11-26)20(30)15-29-22-19(14-25-29)21(23-16-24-22)28-8-2-3-9-28/h4-7,14,16H,2-3,8-13,15H2,1H3. The van der Waals surface area contributed by atoms with E-state index in [-0.39, 0.29) is 12.5 Å². The van der Waals surface area contributed by atoms with Gasteiger partial charge in [0.1, 0.15) is 24.4 Å². The zero-order chi connectivity index (χ0) is 21.2. The Balaban J connectivity index is 1.23. The van der Waals surface area contributed by atoms with Gasteiger partial charge in [0.2, 0.25) is 5.91 Å². The first-order chi connectivity index (χ1) is 15.2. The molecule has 31 heavy (non-hydrogen) atoms. The highest BCUT2D eigenvalue weighted by Gasteiger charge is 2.24. The van der Waals surface area contributed by atoms with Crippen LogP contribution in [0.25, 0.3) is 11.0 Å². The fourth-order valence-electron chi connectivity index (χ4n) is 4.41. The first-order valence-electron chi connectivity index (χ1n) is 10.8. The van der Waals surface area contributed by atoms with Crippen LogP contribution < -0.4 is 14.5 Å². The highest BCUT2D eigenvalue weighted by molar-refractivity contribution is 5.88. The number of anilines is 2. The van der Waals surface area contributed by atoms with E-state index in [9.17, 15) is 4.79 Å². The number of carbonyl (C=O) groups excluding carboxylic acids is 1. The largest absolute Gasteiger partial charge is 0.497 e. The summed E-state index contributed by atoms with van der Waals surface area (Å²) in [7, 11) is 1.67. The van der Waals surface area contributed by atoms with Gasteiger partial charge in [-0.25, -0.2) is 14.6 Å². The number of carbonyl (C=O) groups is 1. The number of amides is 1. The van der Waals surface area contributed by atoms with Crippen molar-refractivity contribution < 1.29 is 9.53 Å². The quantitative estimate of drug-likeness (QED) is 0.621. The zero-order valence-electron chi connectivity index (χ0n) is 17.8. The van der Waals surface area contributed by atoms with Crippen LogP contribution in [0, 0.1) is 0 Å².